The van der Waals surface area contributed by atoms with Gasteiger partial charge in [0.1, 0.15) is 35.2 Å². The predicted molar refractivity (Wildman–Crippen MR) is 278 cm³/mol. The molecule has 2 aliphatic rings. The normalized spacial score (nSPS) is 22.9. The standard InChI is InChI=1S/C50H70N12O13S/c1-7-26(2)42-47(72)55-23-40(67)57-35(25-76(75)49-27(3)32-11-8-9-12-33(32)59-49)45(70)58-34(19-38(65)52-20-30-14-16-31(17-15-30)56-44(69)29(5)51-6)50(74)62-18-10-13-36(62)46(71)61-43(28(4)37(64)24-63)48(73)54-21-39(66)53-22-41(68)60-42/h8-9,11-12,14-17,26,28-29,34-37,42-43,51,59,63-64H,7,10,13,18-25H2,1-6H3,(H,52,65)(H,53,66)(H,54,73)(H,55,72)(H,56,69)(H,57,67)(H,58,70)(H,60,68)(H,61,71)/t26?,28-,29?,34?,35-,36?,37?,42?,43?,76?/m0/s1. The zero-order valence-corrected chi connectivity index (χ0v) is 44.2. The highest BCUT2D eigenvalue weighted by Gasteiger charge is 2.42. The number of H-pyrrole nitrogens is 1. The van der Waals surface area contributed by atoms with Gasteiger partial charge in [-0.2, -0.15) is 0 Å². The van der Waals surface area contributed by atoms with E-state index in [2.05, 4.69) is 58.2 Å². The fourth-order valence-corrected chi connectivity index (χ4v) is 9.84. The first-order valence-electron chi connectivity index (χ1n) is 25.1. The molecule has 10 amide bonds. The number of rotatable bonds is 15. The summed E-state index contributed by atoms with van der Waals surface area (Å²) in [5.74, 6) is -10.5. The molecule has 3 heterocycles. The Morgan fingerprint density at radius 2 is 1.43 bits per heavy atom. The molecular formula is C50H70N12O13S. The summed E-state index contributed by atoms with van der Waals surface area (Å²) in [5, 5.41) is 47.0. The lowest BCUT2D eigenvalue weighted by molar-refractivity contribution is -0.144. The highest BCUT2D eigenvalue weighted by Crippen LogP contribution is 2.25. The molecule has 414 valence electrons. The Morgan fingerprint density at radius 3 is 2.09 bits per heavy atom. The second-order valence-corrected chi connectivity index (χ2v) is 20.4. The number of aromatic nitrogens is 1. The van der Waals surface area contributed by atoms with Crippen LogP contribution in [-0.4, -0.2) is 171 Å². The fraction of sp³-hybridized carbons (Fsp3) is 0.520. The molecule has 2 aromatic carbocycles. The van der Waals surface area contributed by atoms with Gasteiger partial charge in [-0.3, -0.25) is 52.2 Å². The maximum Gasteiger partial charge on any atom is 0.246 e. The number of fused-ring (bicyclic) bond motifs is 2. The van der Waals surface area contributed by atoms with E-state index in [1.54, 1.807) is 83.3 Å². The lowest BCUT2D eigenvalue weighted by Gasteiger charge is -2.32. The van der Waals surface area contributed by atoms with E-state index in [0.717, 1.165) is 10.3 Å². The van der Waals surface area contributed by atoms with Crippen LogP contribution in [0.25, 0.3) is 10.9 Å². The molecule has 0 bridgehead atoms. The van der Waals surface area contributed by atoms with Gasteiger partial charge in [0, 0.05) is 35.6 Å². The summed E-state index contributed by atoms with van der Waals surface area (Å²) in [6.45, 7) is 5.13. The van der Waals surface area contributed by atoms with Crippen LogP contribution in [-0.2, 0) is 65.3 Å². The van der Waals surface area contributed by atoms with Crippen LogP contribution < -0.4 is 53.2 Å². The molecule has 0 spiro atoms. The monoisotopic (exact) mass is 1080 g/mol. The predicted octanol–water partition coefficient (Wildman–Crippen LogP) is -2.84. The number of nitrogens with one attached hydrogen (secondary N) is 11. The van der Waals surface area contributed by atoms with E-state index < -0.39 is 157 Å². The quantitative estimate of drug-likeness (QED) is 0.0730. The topological polar surface area (TPSA) is 368 Å². The highest BCUT2D eigenvalue weighted by atomic mass is 32.2. The first-order chi connectivity index (χ1) is 36.1. The Labute approximate surface area is 441 Å². The van der Waals surface area contributed by atoms with Gasteiger partial charge in [0.05, 0.1) is 61.4 Å². The van der Waals surface area contributed by atoms with Crippen molar-refractivity contribution in [1.82, 2.24) is 57.7 Å². The Bertz CT molecular complexity index is 2650. The summed E-state index contributed by atoms with van der Waals surface area (Å²) >= 11 is 0. The minimum atomic E-state index is -2.05. The Balaban J connectivity index is 1.50. The first kappa shape index (κ1) is 59.6. The van der Waals surface area contributed by atoms with E-state index in [1.807, 2.05) is 0 Å². The zero-order valence-electron chi connectivity index (χ0n) is 43.3. The zero-order chi connectivity index (χ0) is 55.8. The largest absolute Gasteiger partial charge is 0.394 e. The van der Waals surface area contributed by atoms with Gasteiger partial charge < -0.3 is 73.3 Å². The van der Waals surface area contributed by atoms with Gasteiger partial charge >= 0.3 is 0 Å². The molecule has 0 radical (unpaired) electrons. The molecule has 26 heteroatoms. The molecule has 25 nitrogen and oxygen atoms in total. The summed E-state index contributed by atoms with van der Waals surface area (Å²) < 4.78 is 14.3. The number of hydrogen-bond acceptors (Lipinski definition) is 14. The number of aryl methyl sites for hydroxylation is 1. The van der Waals surface area contributed by atoms with Crippen LogP contribution in [0.4, 0.5) is 5.69 Å². The van der Waals surface area contributed by atoms with Crippen molar-refractivity contribution in [3.05, 3.63) is 59.7 Å². The number of para-hydroxylation sites is 1. The molecule has 8 unspecified atom stereocenters. The van der Waals surface area contributed by atoms with Crippen molar-refractivity contribution in [3.63, 3.8) is 0 Å². The molecule has 0 aliphatic carbocycles. The third-order valence-electron chi connectivity index (χ3n) is 13.5. The summed E-state index contributed by atoms with van der Waals surface area (Å²) in [6, 6.07) is 5.65. The molecule has 2 aliphatic heterocycles. The molecule has 2 fully saturated rings. The minimum absolute atomic E-state index is 0.0373. The van der Waals surface area contributed by atoms with E-state index in [4.69, 9.17) is 0 Å². The number of aliphatic hydroxyl groups excluding tert-OH is 2. The number of carbonyl (C=O) groups excluding carboxylic acids is 10. The average Bonchev–Trinajstić information content (AvgIpc) is 4.05. The number of hydrogen-bond donors (Lipinski definition) is 13. The van der Waals surface area contributed by atoms with Crippen molar-refractivity contribution in [2.24, 2.45) is 11.8 Å². The molecule has 10 atom stereocenters. The van der Waals surface area contributed by atoms with E-state index in [9.17, 15) is 62.4 Å². The summed E-state index contributed by atoms with van der Waals surface area (Å²) in [6.07, 6.45) is -1.61. The third kappa shape index (κ3) is 16.1. The van der Waals surface area contributed by atoms with Crippen LogP contribution >= 0.6 is 0 Å². The SMILES string of the molecule is CCC(C)C1NC(=O)CNC(=O)CNC(=O)C([C@@H](C)C(O)CO)NC(=O)C2CCCN2C(=O)C(CC(=O)NCc2ccc(NC(=O)C(C)NC)cc2)NC(=O)[C@H](CS(=O)c2[nH]c3ccccc3c2C)NC(=O)CNC1=O. The lowest BCUT2D eigenvalue weighted by atomic mass is 9.94. The van der Waals surface area contributed by atoms with Crippen LogP contribution in [0.1, 0.15) is 64.5 Å². The van der Waals surface area contributed by atoms with Gasteiger partial charge in [-0.05, 0) is 69.0 Å². The van der Waals surface area contributed by atoms with Crippen molar-refractivity contribution in [2.75, 3.05) is 50.9 Å². The number of anilines is 1. The summed E-state index contributed by atoms with van der Waals surface area (Å²) in [5.41, 5.74) is 2.33. The van der Waals surface area contributed by atoms with Crippen molar-refractivity contribution < 1.29 is 62.4 Å². The second kappa shape index (κ2) is 28.0. The maximum absolute atomic E-state index is 14.8. The van der Waals surface area contributed by atoms with Crippen molar-refractivity contribution >= 4 is 86.5 Å². The highest BCUT2D eigenvalue weighted by molar-refractivity contribution is 7.85. The van der Waals surface area contributed by atoms with Crippen LogP contribution in [0.15, 0.2) is 53.6 Å². The second-order valence-electron chi connectivity index (χ2n) is 18.9. The number of likely N-dealkylation sites (N-methyl/N-ethyl adjacent to an activating group) is 1. The molecule has 0 saturated carbocycles. The van der Waals surface area contributed by atoms with Gasteiger partial charge in [0.25, 0.3) is 0 Å². The Kier molecular flexibility index (Phi) is 22.0. The van der Waals surface area contributed by atoms with E-state index in [-0.39, 0.29) is 36.9 Å². The third-order valence-corrected chi connectivity index (χ3v) is 15.0. The van der Waals surface area contributed by atoms with Crippen molar-refractivity contribution in [1.29, 1.82) is 0 Å². The number of benzene rings is 2. The van der Waals surface area contributed by atoms with E-state index in [1.165, 1.54) is 6.92 Å². The van der Waals surface area contributed by atoms with Gasteiger partial charge in [-0.25, -0.2) is 0 Å². The molecule has 1 aromatic heterocycles. The molecule has 76 heavy (non-hydrogen) atoms. The smallest absolute Gasteiger partial charge is 0.246 e. The van der Waals surface area contributed by atoms with Gasteiger partial charge in [-0.15, -0.1) is 0 Å². The molecule has 5 rings (SSSR count). The Morgan fingerprint density at radius 1 is 0.789 bits per heavy atom. The van der Waals surface area contributed by atoms with Gasteiger partial charge in [0.15, 0.2) is 0 Å². The number of nitrogens with zero attached hydrogens (tertiary/aromatic N) is 1. The number of aromatic amines is 1. The van der Waals surface area contributed by atoms with E-state index in [0.29, 0.717) is 28.8 Å². The van der Waals surface area contributed by atoms with Gasteiger partial charge in [0.2, 0.25) is 59.1 Å². The first-order valence-corrected chi connectivity index (χ1v) is 26.4. The number of carbonyl (C=O) groups is 10. The van der Waals surface area contributed by atoms with E-state index >= 15 is 0 Å². The summed E-state index contributed by atoms with van der Waals surface area (Å²) in [4.78, 5) is 141. The Hall–Kier alpha value is -7.29. The average molecular weight is 1080 g/mol. The van der Waals surface area contributed by atoms with Crippen molar-refractivity contribution in [3.8, 4) is 0 Å². The number of aliphatic hydroxyl groups is 2. The lowest BCUT2D eigenvalue weighted by Crippen LogP contribution is -2.61. The molecule has 3 aromatic rings. The molecule has 2 saturated heterocycles. The fourth-order valence-electron chi connectivity index (χ4n) is 8.47. The maximum atomic E-state index is 14.8. The molecular weight excluding hydrogens is 1010 g/mol. The van der Waals surface area contributed by atoms with Crippen LogP contribution in [0, 0.1) is 18.8 Å². The van der Waals surface area contributed by atoms with Crippen LogP contribution in [0.3, 0.4) is 0 Å². The summed E-state index contributed by atoms with van der Waals surface area (Å²) in [7, 11) is -0.403. The van der Waals surface area contributed by atoms with Gasteiger partial charge in [-0.1, -0.05) is 57.5 Å². The minimum Gasteiger partial charge on any atom is -0.394 e. The molecule has 13 N–H and O–H groups in total. The van der Waals surface area contributed by atoms with Crippen molar-refractivity contribution in [2.45, 2.75) is 114 Å². The van der Waals surface area contributed by atoms with Crippen LogP contribution in [0.2, 0.25) is 0 Å². The number of amides is 10. The van der Waals surface area contributed by atoms with Crippen LogP contribution in [0.5, 0.6) is 0 Å².